The zero-order chi connectivity index (χ0) is 5.82. The minimum Gasteiger partial charge on any atom is -0.326 e. The van der Waals surface area contributed by atoms with E-state index in [-0.39, 0.29) is 29.6 Å². The van der Waals surface area contributed by atoms with Crippen molar-refractivity contribution in [2.75, 3.05) is 0 Å². The maximum absolute atomic E-state index is 5.35. The van der Waals surface area contributed by atoms with Crippen LogP contribution in [0.25, 0.3) is 0 Å². The molecular weight excluding hydrogens is 121 g/mol. The minimum atomic E-state index is 0. The monoisotopic (exact) mass is 130 g/mol. The molecule has 1 radical (unpaired) electrons. The van der Waals surface area contributed by atoms with Crippen LogP contribution in [0.4, 0.5) is 0 Å². The Labute approximate surface area is 77.5 Å². The molecule has 0 heterocycles. The molecule has 1 aromatic rings. The van der Waals surface area contributed by atoms with Crippen LogP contribution in [0.15, 0.2) is 30.3 Å². The summed E-state index contributed by atoms with van der Waals surface area (Å²) in [5, 5.41) is 0. The molecule has 0 unspecified atom stereocenters. The van der Waals surface area contributed by atoms with Crippen molar-refractivity contribution >= 4 is 29.6 Å². The van der Waals surface area contributed by atoms with Gasteiger partial charge in [0, 0.05) is 36.1 Å². The van der Waals surface area contributed by atoms with Gasteiger partial charge in [-0.3, -0.25) is 0 Å². The summed E-state index contributed by atoms with van der Waals surface area (Å²) in [7, 11) is 0. The van der Waals surface area contributed by atoms with Crippen molar-refractivity contribution in [3.05, 3.63) is 35.9 Å². The molecule has 0 aliphatic heterocycles. The van der Waals surface area contributed by atoms with Crippen LogP contribution >= 0.6 is 0 Å². The summed E-state index contributed by atoms with van der Waals surface area (Å²) in [6.45, 7) is 0.640. The topological polar surface area (TPSA) is 26.0 Å². The van der Waals surface area contributed by atoms with Crippen molar-refractivity contribution in [2.45, 2.75) is 6.54 Å². The van der Waals surface area contributed by atoms with Crippen molar-refractivity contribution in [3.8, 4) is 0 Å². The number of nitrogens with two attached hydrogens (primary N) is 1. The Morgan fingerprint density at radius 1 is 1.11 bits per heavy atom. The molecule has 0 amide bonds. The minimum absolute atomic E-state index is 0. The molecule has 1 aromatic carbocycles. The van der Waals surface area contributed by atoms with Crippen molar-refractivity contribution in [1.82, 2.24) is 0 Å². The number of hydrogen-bond donors (Lipinski definition) is 1. The third kappa shape index (κ3) is 3.01. The van der Waals surface area contributed by atoms with Gasteiger partial charge in [0.2, 0.25) is 0 Å². The number of rotatable bonds is 1. The fourth-order valence-corrected chi connectivity index (χ4v) is 0.614. The van der Waals surface area contributed by atoms with Crippen molar-refractivity contribution in [2.24, 2.45) is 5.73 Å². The van der Waals surface area contributed by atoms with E-state index in [0.29, 0.717) is 6.54 Å². The fraction of sp³-hybridized carbons (Fsp3) is 0.143. The van der Waals surface area contributed by atoms with E-state index in [4.69, 9.17) is 5.73 Å². The second-order valence-corrected chi connectivity index (χ2v) is 1.69. The van der Waals surface area contributed by atoms with Crippen LogP contribution in [-0.4, -0.2) is 29.6 Å². The van der Waals surface area contributed by atoms with E-state index in [1.54, 1.807) is 0 Å². The molecule has 0 atom stereocenters. The van der Waals surface area contributed by atoms with E-state index < -0.39 is 0 Å². The number of hydrogen-bond acceptors (Lipinski definition) is 1. The molecule has 9 heavy (non-hydrogen) atoms. The third-order valence-corrected chi connectivity index (χ3v) is 1.08. The van der Waals surface area contributed by atoms with Gasteiger partial charge in [-0.25, -0.2) is 0 Å². The molecule has 0 saturated heterocycles. The zero-order valence-corrected chi connectivity index (χ0v) is 7.67. The van der Waals surface area contributed by atoms with E-state index in [1.165, 1.54) is 5.56 Å². The van der Waals surface area contributed by atoms with Crippen LogP contribution in [0.5, 0.6) is 0 Å². The molecule has 43 valence electrons. The Kier molecular flexibility index (Phi) is 5.10. The van der Waals surface area contributed by atoms with Crippen LogP contribution in [0.2, 0.25) is 0 Å². The van der Waals surface area contributed by atoms with Gasteiger partial charge in [0.15, 0.2) is 0 Å². The molecule has 2 N–H and O–H groups in total. The summed E-state index contributed by atoms with van der Waals surface area (Å²) in [4.78, 5) is 0. The van der Waals surface area contributed by atoms with Gasteiger partial charge in [-0.1, -0.05) is 30.3 Å². The summed E-state index contributed by atoms with van der Waals surface area (Å²) in [5.41, 5.74) is 6.54. The van der Waals surface area contributed by atoms with Gasteiger partial charge in [-0.05, 0) is 5.56 Å². The molecule has 0 fully saturated rings. The standard InChI is InChI=1S/C7H9N.Na/c8-6-7-4-2-1-3-5-7;/h1-5H,6,8H2;. The SMILES string of the molecule is NCc1ccccc1.[Na]. The molecule has 1 nitrogen and oxygen atoms in total. The van der Waals surface area contributed by atoms with Crippen LogP contribution in [0.1, 0.15) is 5.56 Å². The smallest absolute Gasteiger partial charge is 0.0178 e. The molecule has 0 aliphatic carbocycles. The van der Waals surface area contributed by atoms with Crippen molar-refractivity contribution in [3.63, 3.8) is 0 Å². The first kappa shape index (κ1) is 9.18. The Morgan fingerprint density at radius 3 is 2.00 bits per heavy atom. The van der Waals surface area contributed by atoms with Crippen LogP contribution in [-0.2, 0) is 6.54 Å². The average Bonchev–Trinajstić information content (AvgIpc) is 1.90. The summed E-state index contributed by atoms with van der Waals surface area (Å²) >= 11 is 0. The van der Waals surface area contributed by atoms with E-state index in [9.17, 15) is 0 Å². The molecule has 0 saturated carbocycles. The Morgan fingerprint density at radius 2 is 1.67 bits per heavy atom. The third-order valence-electron chi connectivity index (χ3n) is 1.08. The Bertz CT molecular complexity index is 150. The van der Waals surface area contributed by atoms with Crippen molar-refractivity contribution < 1.29 is 0 Å². The summed E-state index contributed by atoms with van der Waals surface area (Å²) < 4.78 is 0. The second-order valence-electron chi connectivity index (χ2n) is 1.69. The van der Waals surface area contributed by atoms with Crippen LogP contribution in [0, 0.1) is 0 Å². The maximum atomic E-state index is 5.35. The van der Waals surface area contributed by atoms with Gasteiger partial charge in [-0.15, -0.1) is 0 Å². The predicted octanol–water partition coefficient (Wildman–Crippen LogP) is 0.765. The second kappa shape index (κ2) is 5.00. The molecule has 0 bridgehead atoms. The molecule has 0 aliphatic rings. The van der Waals surface area contributed by atoms with Gasteiger partial charge in [0.1, 0.15) is 0 Å². The zero-order valence-electron chi connectivity index (χ0n) is 5.67. The molecular formula is C7H9NNa. The van der Waals surface area contributed by atoms with Gasteiger partial charge in [0.25, 0.3) is 0 Å². The maximum Gasteiger partial charge on any atom is 0.0178 e. The quantitative estimate of drug-likeness (QED) is 0.558. The fourth-order valence-electron chi connectivity index (χ4n) is 0.614. The van der Waals surface area contributed by atoms with Gasteiger partial charge >= 0.3 is 0 Å². The van der Waals surface area contributed by atoms with Gasteiger partial charge in [0.05, 0.1) is 0 Å². The van der Waals surface area contributed by atoms with Gasteiger partial charge < -0.3 is 5.73 Å². The Hall–Kier alpha value is 0.180. The largest absolute Gasteiger partial charge is 0.326 e. The summed E-state index contributed by atoms with van der Waals surface area (Å²) in [6, 6.07) is 9.99. The van der Waals surface area contributed by atoms with Gasteiger partial charge in [-0.2, -0.15) is 0 Å². The molecule has 0 spiro atoms. The predicted molar refractivity (Wildman–Crippen MR) is 40.1 cm³/mol. The van der Waals surface area contributed by atoms with E-state index in [1.807, 2.05) is 30.3 Å². The van der Waals surface area contributed by atoms with Crippen LogP contribution < -0.4 is 5.73 Å². The first-order valence-electron chi connectivity index (χ1n) is 2.67. The van der Waals surface area contributed by atoms with E-state index >= 15 is 0 Å². The van der Waals surface area contributed by atoms with E-state index in [2.05, 4.69) is 0 Å². The number of benzene rings is 1. The first-order chi connectivity index (χ1) is 3.93. The molecule has 2 heteroatoms. The summed E-state index contributed by atoms with van der Waals surface area (Å²) in [5.74, 6) is 0. The average molecular weight is 130 g/mol. The van der Waals surface area contributed by atoms with Crippen molar-refractivity contribution in [1.29, 1.82) is 0 Å². The Balaban J connectivity index is 0.000000640. The molecule has 0 aromatic heterocycles. The molecule has 1 rings (SSSR count). The van der Waals surface area contributed by atoms with Crippen LogP contribution in [0.3, 0.4) is 0 Å². The van der Waals surface area contributed by atoms with E-state index in [0.717, 1.165) is 0 Å². The normalized spacial score (nSPS) is 8.11. The summed E-state index contributed by atoms with van der Waals surface area (Å²) in [6.07, 6.45) is 0. The first-order valence-corrected chi connectivity index (χ1v) is 2.67.